The van der Waals surface area contributed by atoms with Crippen LogP contribution in [0.4, 0.5) is 0 Å². The maximum atomic E-state index is 10.4. The minimum atomic E-state index is -0.255. The number of ether oxygens (including phenoxy) is 1. The van der Waals surface area contributed by atoms with Gasteiger partial charge in [-0.3, -0.25) is 0 Å². The fourth-order valence-electron chi connectivity index (χ4n) is 7.52. The second kappa shape index (κ2) is 5.33. The number of aliphatic hydroxyl groups excluding tert-OH is 1. The lowest BCUT2D eigenvalue weighted by molar-refractivity contribution is -0.178. The van der Waals surface area contributed by atoms with E-state index in [4.69, 9.17) is 4.74 Å². The Labute approximate surface area is 141 Å². The Balaban J connectivity index is 1.65. The first-order valence-corrected chi connectivity index (χ1v) is 9.81. The van der Waals surface area contributed by atoms with Gasteiger partial charge in [-0.2, -0.15) is 0 Å². The second-order valence-electron chi connectivity index (χ2n) is 9.47. The molecule has 0 saturated heterocycles. The molecule has 2 heteroatoms. The summed E-state index contributed by atoms with van der Waals surface area (Å²) in [6, 6.07) is 0. The zero-order valence-corrected chi connectivity index (χ0v) is 15.2. The standard InChI is InChI=1S/C21H34O2/c1-13-5-7-15-14-6-8-17-19(23-4)18(22)10-12-21(17,3)16(14)9-11-20(13,15)2/h14-19,22H,1,5-12H2,2-4H3/t14-,15-,16-,17-,18+,19+,20+,21+/m1/s1. The van der Waals surface area contributed by atoms with E-state index in [1.807, 2.05) is 0 Å². The first-order chi connectivity index (χ1) is 10.9. The highest BCUT2D eigenvalue weighted by Crippen LogP contribution is 2.67. The molecule has 8 atom stereocenters. The Kier molecular flexibility index (Phi) is 3.74. The number of aliphatic hydroxyl groups is 1. The van der Waals surface area contributed by atoms with Gasteiger partial charge in [-0.1, -0.05) is 26.0 Å². The van der Waals surface area contributed by atoms with Gasteiger partial charge in [-0.15, -0.1) is 0 Å². The molecule has 0 amide bonds. The van der Waals surface area contributed by atoms with Crippen molar-refractivity contribution in [3.63, 3.8) is 0 Å². The Morgan fingerprint density at radius 3 is 2.52 bits per heavy atom. The normalized spacial score (nSPS) is 55.9. The molecule has 0 aliphatic heterocycles. The van der Waals surface area contributed by atoms with Crippen LogP contribution >= 0.6 is 0 Å². The van der Waals surface area contributed by atoms with E-state index in [9.17, 15) is 5.11 Å². The lowest BCUT2D eigenvalue weighted by Gasteiger charge is -2.61. The number of allylic oxidation sites excluding steroid dienone is 1. The molecule has 1 N–H and O–H groups in total. The van der Waals surface area contributed by atoms with Gasteiger partial charge in [0.1, 0.15) is 0 Å². The lowest BCUT2D eigenvalue weighted by Crippen LogP contribution is -2.58. The summed E-state index contributed by atoms with van der Waals surface area (Å²) in [6.45, 7) is 9.46. The molecule has 0 unspecified atom stereocenters. The van der Waals surface area contributed by atoms with Gasteiger partial charge in [-0.25, -0.2) is 0 Å². The SMILES string of the molecule is C=C1CC[C@@H]2[C@H]3CC[C@@H]4[C@H](OC)[C@@H](O)CC[C@@]4(C)[C@@H]3CC[C@@]12C. The molecular weight excluding hydrogens is 284 g/mol. The predicted octanol–water partition coefficient (Wildman–Crippen LogP) is 4.57. The van der Waals surface area contributed by atoms with Crippen LogP contribution in [0.2, 0.25) is 0 Å². The lowest BCUT2D eigenvalue weighted by atomic mass is 9.44. The predicted molar refractivity (Wildman–Crippen MR) is 93.1 cm³/mol. The number of hydrogen-bond donors (Lipinski definition) is 1. The molecule has 4 aliphatic rings. The van der Waals surface area contributed by atoms with E-state index in [-0.39, 0.29) is 12.2 Å². The summed E-state index contributed by atoms with van der Waals surface area (Å²) in [5.74, 6) is 3.11. The van der Waals surface area contributed by atoms with E-state index in [0.29, 0.717) is 16.7 Å². The van der Waals surface area contributed by atoms with E-state index in [1.54, 1.807) is 7.11 Å². The zero-order chi connectivity index (χ0) is 16.4. The highest BCUT2D eigenvalue weighted by atomic mass is 16.5. The van der Waals surface area contributed by atoms with Crippen molar-refractivity contribution in [2.24, 2.45) is 34.5 Å². The summed E-state index contributed by atoms with van der Waals surface area (Å²) >= 11 is 0. The molecule has 0 aromatic heterocycles. The van der Waals surface area contributed by atoms with Crippen molar-refractivity contribution in [1.82, 2.24) is 0 Å². The van der Waals surface area contributed by atoms with Gasteiger partial charge in [0, 0.05) is 7.11 Å². The number of methoxy groups -OCH3 is 1. The molecule has 0 bridgehead atoms. The minimum Gasteiger partial charge on any atom is -0.390 e. The summed E-state index contributed by atoms with van der Waals surface area (Å²) < 4.78 is 5.78. The van der Waals surface area contributed by atoms with Crippen molar-refractivity contribution in [2.75, 3.05) is 7.11 Å². The summed E-state index contributed by atoms with van der Waals surface area (Å²) in [5.41, 5.74) is 2.31. The molecule has 0 heterocycles. The number of hydrogen-bond acceptors (Lipinski definition) is 2. The van der Waals surface area contributed by atoms with Crippen LogP contribution in [0.1, 0.15) is 65.2 Å². The Hall–Kier alpha value is -0.340. The van der Waals surface area contributed by atoms with Crippen LogP contribution in [0.25, 0.3) is 0 Å². The fourth-order valence-corrected chi connectivity index (χ4v) is 7.52. The van der Waals surface area contributed by atoms with Crippen molar-refractivity contribution in [3.8, 4) is 0 Å². The molecule has 2 nitrogen and oxygen atoms in total. The first kappa shape index (κ1) is 16.1. The van der Waals surface area contributed by atoms with Crippen molar-refractivity contribution < 1.29 is 9.84 Å². The van der Waals surface area contributed by atoms with Crippen molar-refractivity contribution in [3.05, 3.63) is 12.2 Å². The fraction of sp³-hybridized carbons (Fsp3) is 0.905. The molecule has 0 aromatic rings. The Morgan fingerprint density at radius 2 is 1.78 bits per heavy atom. The molecule has 4 aliphatic carbocycles. The smallest absolute Gasteiger partial charge is 0.0863 e. The number of rotatable bonds is 1. The van der Waals surface area contributed by atoms with Gasteiger partial charge >= 0.3 is 0 Å². The maximum Gasteiger partial charge on any atom is 0.0863 e. The van der Waals surface area contributed by atoms with Crippen LogP contribution in [0, 0.1) is 34.5 Å². The van der Waals surface area contributed by atoms with Gasteiger partial charge in [-0.05, 0) is 85.9 Å². The van der Waals surface area contributed by atoms with Gasteiger partial charge in [0.05, 0.1) is 12.2 Å². The molecule has 0 spiro atoms. The highest BCUT2D eigenvalue weighted by Gasteiger charge is 2.60. The van der Waals surface area contributed by atoms with Crippen LogP contribution in [-0.2, 0) is 4.74 Å². The van der Waals surface area contributed by atoms with Crippen molar-refractivity contribution >= 4 is 0 Å². The maximum absolute atomic E-state index is 10.4. The molecule has 23 heavy (non-hydrogen) atoms. The van der Waals surface area contributed by atoms with E-state index in [0.717, 1.165) is 24.2 Å². The monoisotopic (exact) mass is 318 g/mol. The third-order valence-electron chi connectivity index (χ3n) is 8.92. The van der Waals surface area contributed by atoms with Crippen LogP contribution in [0.15, 0.2) is 12.2 Å². The topological polar surface area (TPSA) is 29.5 Å². The Bertz CT molecular complexity index is 500. The van der Waals surface area contributed by atoms with Gasteiger partial charge in [0.2, 0.25) is 0 Å². The average Bonchev–Trinajstić information content (AvgIpc) is 2.83. The minimum absolute atomic E-state index is 0.0570. The van der Waals surface area contributed by atoms with E-state index in [1.165, 1.54) is 50.5 Å². The summed E-state index contributed by atoms with van der Waals surface area (Å²) in [4.78, 5) is 0. The first-order valence-electron chi connectivity index (χ1n) is 9.81. The largest absolute Gasteiger partial charge is 0.390 e. The molecular formula is C21H34O2. The van der Waals surface area contributed by atoms with E-state index >= 15 is 0 Å². The summed E-state index contributed by atoms with van der Waals surface area (Å²) in [6.07, 6.45) is 9.80. The molecule has 4 rings (SSSR count). The van der Waals surface area contributed by atoms with E-state index < -0.39 is 0 Å². The van der Waals surface area contributed by atoms with Crippen LogP contribution < -0.4 is 0 Å². The molecule has 0 radical (unpaired) electrons. The van der Waals surface area contributed by atoms with Gasteiger partial charge in [0.15, 0.2) is 0 Å². The number of fused-ring (bicyclic) bond motifs is 5. The zero-order valence-electron chi connectivity index (χ0n) is 15.2. The summed E-state index contributed by atoms with van der Waals surface area (Å²) in [5, 5.41) is 10.4. The van der Waals surface area contributed by atoms with Gasteiger partial charge in [0.25, 0.3) is 0 Å². The van der Waals surface area contributed by atoms with Crippen molar-refractivity contribution in [1.29, 1.82) is 0 Å². The average molecular weight is 319 g/mol. The van der Waals surface area contributed by atoms with Crippen molar-refractivity contribution in [2.45, 2.75) is 77.4 Å². The van der Waals surface area contributed by atoms with E-state index in [2.05, 4.69) is 20.4 Å². The van der Waals surface area contributed by atoms with Crippen LogP contribution in [0.5, 0.6) is 0 Å². The summed E-state index contributed by atoms with van der Waals surface area (Å²) in [7, 11) is 1.80. The molecule has 130 valence electrons. The van der Waals surface area contributed by atoms with Crippen LogP contribution in [-0.4, -0.2) is 24.4 Å². The van der Waals surface area contributed by atoms with Crippen LogP contribution in [0.3, 0.4) is 0 Å². The third-order valence-corrected chi connectivity index (χ3v) is 8.92. The molecule has 4 saturated carbocycles. The molecule has 4 fully saturated rings. The second-order valence-corrected chi connectivity index (χ2v) is 9.47. The Morgan fingerprint density at radius 1 is 1.00 bits per heavy atom. The van der Waals surface area contributed by atoms with Gasteiger partial charge < -0.3 is 9.84 Å². The highest BCUT2D eigenvalue weighted by molar-refractivity contribution is 5.21. The third kappa shape index (κ3) is 2.07. The quantitative estimate of drug-likeness (QED) is 0.718. The molecule has 0 aromatic carbocycles.